The van der Waals surface area contributed by atoms with Crippen LogP contribution in [0.4, 0.5) is 0 Å². The van der Waals surface area contributed by atoms with Crippen LogP contribution in [0.5, 0.6) is 0 Å². The summed E-state index contributed by atoms with van der Waals surface area (Å²) >= 11 is 2.61. The van der Waals surface area contributed by atoms with E-state index < -0.39 is 0 Å². The van der Waals surface area contributed by atoms with E-state index in [-0.39, 0.29) is 0 Å². The summed E-state index contributed by atoms with van der Waals surface area (Å²) in [4.78, 5) is 2.60. The van der Waals surface area contributed by atoms with Crippen LogP contribution >= 0.6 is 28.3 Å². The van der Waals surface area contributed by atoms with Crippen molar-refractivity contribution in [2.45, 2.75) is 25.4 Å². The van der Waals surface area contributed by atoms with Crippen molar-refractivity contribution in [1.82, 2.24) is 4.90 Å². The number of hydrogen-bond donors (Lipinski definition) is 0. The zero-order valence-corrected chi connectivity index (χ0v) is 15.6. The van der Waals surface area contributed by atoms with Gasteiger partial charge in [-0.3, -0.25) is 4.90 Å². The van der Waals surface area contributed by atoms with Gasteiger partial charge >= 0.3 is 0 Å². The second kappa shape index (κ2) is 8.07. The van der Waals surface area contributed by atoms with Crippen molar-refractivity contribution >= 4 is 28.3 Å². The van der Waals surface area contributed by atoms with Gasteiger partial charge in [-0.1, -0.05) is 66.2 Å². The molecule has 0 aromatic heterocycles. The first-order valence-electron chi connectivity index (χ1n) is 7.38. The molecule has 1 aromatic carbocycles. The van der Waals surface area contributed by atoms with Gasteiger partial charge in [0.2, 0.25) is 0 Å². The van der Waals surface area contributed by atoms with Crippen molar-refractivity contribution in [1.29, 1.82) is 0 Å². The predicted octanol–water partition coefficient (Wildman–Crippen LogP) is 3.98. The van der Waals surface area contributed by atoms with Gasteiger partial charge in [-0.15, -0.1) is 0 Å². The van der Waals surface area contributed by atoms with Crippen LogP contribution in [0.1, 0.15) is 19.4 Å². The van der Waals surface area contributed by atoms with Gasteiger partial charge < -0.3 is 4.74 Å². The second-order valence-corrected chi connectivity index (χ2v) is 8.76. The number of benzene rings is 1. The molecular formula is C16H25INOP. The van der Waals surface area contributed by atoms with E-state index in [4.69, 9.17) is 4.74 Å². The normalized spacial score (nSPS) is 20.6. The molecule has 2 nitrogen and oxygen atoms in total. The van der Waals surface area contributed by atoms with E-state index in [1.165, 1.54) is 18.5 Å². The van der Waals surface area contributed by atoms with Gasteiger partial charge in [0.15, 0.2) is 0 Å². The first-order chi connectivity index (χ1) is 9.66. The van der Waals surface area contributed by atoms with Gasteiger partial charge in [0.25, 0.3) is 0 Å². The van der Waals surface area contributed by atoms with Crippen molar-refractivity contribution < 1.29 is 4.74 Å². The Labute approximate surface area is 137 Å². The van der Waals surface area contributed by atoms with E-state index in [1.807, 2.05) is 0 Å². The fourth-order valence-electron chi connectivity index (χ4n) is 2.73. The Morgan fingerprint density at radius 1 is 1.25 bits per heavy atom. The van der Waals surface area contributed by atoms with Crippen molar-refractivity contribution in [2.75, 3.05) is 32.8 Å². The van der Waals surface area contributed by atoms with Gasteiger partial charge in [-0.25, -0.2) is 0 Å². The quantitative estimate of drug-likeness (QED) is 0.525. The van der Waals surface area contributed by atoms with E-state index in [1.54, 1.807) is 0 Å². The Kier molecular flexibility index (Phi) is 6.73. The minimum Gasteiger partial charge on any atom is -0.379 e. The van der Waals surface area contributed by atoms with Crippen LogP contribution in [-0.2, 0) is 11.2 Å². The number of nitrogens with zero attached hydrogens (tertiary/aromatic N) is 1. The van der Waals surface area contributed by atoms with E-state index >= 15 is 0 Å². The molecule has 1 heterocycles. The fraction of sp³-hybridized carbons (Fsp3) is 0.625. The average Bonchev–Trinajstić information content (AvgIpc) is 2.48. The molecule has 0 spiro atoms. The lowest BCUT2D eigenvalue weighted by atomic mass is 9.87. The monoisotopic (exact) mass is 405 g/mol. The molecule has 112 valence electrons. The maximum atomic E-state index is 5.49. The third-order valence-corrected chi connectivity index (χ3v) is 8.78. The van der Waals surface area contributed by atoms with Crippen LogP contribution in [0.3, 0.4) is 0 Å². The van der Waals surface area contributed by atoms with E-state index in [9.17, 15) is 0 Å². The molecule has 0 bridgehead atoms. The summed E-state index contributed by atoms with van der Waals surface area (Å²) in [6, 6.07) is 11.0. The van der Waals surface area contributed by atoms with Crippen LogP contribution in [0.2, 0.25) is 0 Å². The van der Waals surface area contributed by atoms with Crippen molar-refractivity contribution in [3.63, 3.8) is 0 Å². The van der Waals surface area contributed by atoms with Gasteiger partial charge in [0, 0.05) is 24.8 Å². The summed E-state index contributed by atoms with van der Waals surface area (Å²) in [6.07, 6.45) is 2.12. The molecule has 0 saturated carbocycles. The lowest BCUT2D eigenvalue weighted by Crippen LogP contribution is -2.48. The number of rotatable bonds is 6. The van der Waals surface area contributed by atoms with Gasteiger partial charge in [-0.2, -0.15) is 0 Å². The standard InChI is InChI=1S/C16H25INOP/c1-14(2)16(20-17,12-15-6-4-3-5-7-15)13-18-8-10-19-11-9-18/h3-7,14,20H,8-13H2,1-2H3. The minimum absolute atomic E-state index is 0.388. The number of halogens is 1. The third kappa shape index (κ3) is 4.40. The van der Waals surface area contributed by atoms with Crippen LogP contribution in [0.25, 0.3) is 0 Å². The van der Waals surface area contributed by atoms with Gasteiger partial charge in [0.1, 0.15) is 0 Å². The molecular weight excluding hydrogens is 380 g/mol. The van der Waals surface area contributed by atoms with Crippen molar-refractivity contribution in [3.8, 4) is 0 Å². The molecule has 2 rings (SSSR count). The summed E-state index contributed by atoms with van der Waals surface area (Å²) in [6.45, 7) is 9.93. The third-order valence-electron chi connectivity index (χ3n) is 4.27. The summed E-state index contributed by atoms with van der Waals surface area (Å²) in [5.41, 5.74) is 1.47. The molecule has 0 radical (unpaired) electrons. The number of morpholine rings is 1. The highest BCUT2D eigenvalue weighted by molar-refractivity contribution is 14.2. The van der Waals surface area contributed by atoms with Crippen LogP contribution in [0.15, 0.2) is 30.3 Å². The predicted molar refractivity (Wildman–Crippen MR) is 97.3 cm³/mol. The molecule has 20 heavy (non-hydrogen) atoms. The zero-order chi connectivity index (χ0) is 14.4. The lowest BCUT2D eigenvalue weighted by molar-refractivity contribution is 0.0305. The Morgan fingerprint density at radius 3 is 2.45 bits per heavy atom. The van der Waals surface area contributed by atoms with Crippen LogP contribution < -0.4 is 0 Å². The van der Waals surface area contributed by atoms with Gasteiger partial charge in [-0.05, 0) is 24.1 Å². The first kappa shape index (κ1) is 16.7. The van der Waals surface area contributed by atoms with Crippen molar-refractivity contribution in [3.05, 3.63) is 35.9 Å². The molecule has 1 aliphatic heterocycles. The number of ether oxygens (including phenoxy) is 1. The highest BCUT2D eigenvalue weighted by Gasteiger charge is 2.35. The second-order valence-electron chi connectivity index (χ2n) is 5.96. The minimum atomic E-state index is 0.388. The van der Waals surface area contributed by atoms with Crippen LogP contribution in [-0.4, -0.2) is 42.9 Å². The zero-order valence-electron chi connectivity index (χ0n) is 12.4. The van der Waals surface area contributed by atoms with Crippen LogP contribution in [0, 0.1) is 5.92 Å². The highest BCUT2D eigenvalue weighted by atomic mass is 127. The molecule has 2 atom stereocenters. The lowest BCUT2D eigenvalue weighted by Gasteiger charge is -2.41. The molecule has 0 N–H and O–H groups in total. The summed E-state index contributed by atoms with van der Waals surface area (Å²) in [7, 11) is 0. The van der Waals surface area contributed by atoms with Crippen molar-refractivity contribution in [2.24, 2.45) is 5.92 Å². The van der Waals surface area contributed by atoms with E-state index in [0.717, 1.165) is 32.5 Å². The highest BCUT2D eigenvalue weighted by Crippen LogP contribution is 2.47. The maximum Gasteiger partial charge on any atom is 0.0594 e. The number of hydrogen-bond acceptors (Lipinski definition) is 2. The Morgan fingerprint density at radius 2 is 1.90 bits per heavy atom. The largest absolute Gasteiger partial charge is 0.379 e. The molecule has 2 unspecified atom stereocenters. The maximum absolute atomic E-state index is 5.49. The summed E-state index contributed by atoms with van der Waals surface area (Å²) < 4.78 is 5.49. The average molecular weight is 405 g/mol. The SMILES string of the molecule is CC(C)C(Cc1ccccc1)(CN1CCOCC1)PI. The molecule has 1 fully saturated rings. The molecule has 4 heteroatoms. The topological polar surface area (TPSA) is 12.5 Å². The van der Waals surface area contributed by atoms with Gasteiger partial charge in [0.05, 0.1) is 13.2 Å². The van der Waals surface area contributed by atoms with E-state index in [0.29, 0.717) is 11.1 Å². The first-order valence-corrected chi connectivity index (χ1v) is 11.5. The molecule has 0 aliphatic carbocycles. The molecule has 1 aromatic rings. The van der Waals surface area contributed by atoms with E-state index in [2.05, 4.69) is 71.1 Å². The summed E-state index contributed by atoms with van der Waals surface area (Å²) in [5.74, 6) is 0.695. The Hall–Kier alpha value is 0.300. The summed E-state index contributed by atoms with van der Waals surface area (Å²) in [5, 5.41) is 0.388. The molecule has 0 amide bonds. The fourth-order valence-corrected chi connectivity index (χ4v) is 6.46. The molecule has 1 saturated heterocycles. The smallest absolute Gasteiger partial charge is 0.0594 e. The molecule has 1 aliphatic rings. The Bertz CT molecular complexity index is 395. The Balaban J connectivity index is 2.11.